The van der Waals surface area contributed by atoms with E-state index in [9.17, 15) is 4.79 Å². The number of aryl methyl sites for hydroxylation is 1. The number of hydrogen-bond donors (Lipinski definition) is 3. The van der Waals surface area contributed by atoms with Gasteiger partial charge >= 0.3 is 6.03 Å². The molecule has 1 aromatic heterocycles. The quantitative estimate of drug-likeness (QED) is 0.666. The number of urea groups is 1. The van der Waals surface area contributed by atoms with Crippen LogP contribution in [0.25, 0.3) is 0 Å². The second-order valence-corrected chi connectivity index (χ2v) is 9.90. The normalized spacial score (nSPS) is 27.3. The molecule has 7 nitrogen and oxygen atoms in total. The minimum atomic E-state index is 0.102. The molecule has 7 heteroatoms. The number of nitrogens with zero attached hydrogens (tertiary/aromatic N) is 3. The first-order valence-electron chi connectivity index (χ1n) is 12.2. The molecule has 1 saturated carbocycles. The molecule has 2 fully saturated rings. The van der Waals surface area contributed by atoms with E-state index in [2.05, 4.69) is 44.9 Å². The standard InChI is InChI=1S/C25H35N5O2/c31-15-14-30-17-21(16-26-30)27-20-8-10-25(11-9-20)12-13-29(18-25)24(32)28-23-7-3-5-19-4-1-2-6-22(19)23/h1-2,4,6,16-17,20,23,27,31H,3,5,7-15,18H2,(H,28,32)/t20-,23-,25-/m1/s1. The molecule has 1 aliphatic heterocycles. The van der Waals surface area contributed by atoms with Crippen LogP contribution < -0.4 is 10.6 Å². The number of aliphatic hydroxyl groups is 1. The maximum absolute atomic E-state index is 13.1. The third kappa shape index (κ3) is 4.49. The highest BCUT2D eigenvalue weighted by Crippen LogP contribution is 2.44. The molecule has 1 saturated heterocycles. The summed E-state index contributed by atoms with van der Waals surface area (Å²) in [6, 6.07) is 9.26. The molecule has 1 aromatic carbocycles. The van der Waals surface area contributed by atoms with Crippen LogP contribution in [0.4, 0.5) is 10.5 Å². The first-order chi connectivity index (χ1) is 15.6. The molecule has 5 rings (SSSR count). The third-order valence-electron chi connectivity index (χ3n) is 7.77. The maximum Gasteiger partial charge on any atom is 0.317 e. The molecule has 2 amide bonds. The zero-order chi connectivity index (χ0) is 22.0. The monoisotopic (exact) mass is 437 g/mol. The number of amides is 2. The zero-order valence-electron chi connectivity index (χ0n) is 18.8. The summed E-state index contributed by atoms with van der Waals surface area (Å²) in [5, 5.41) is 20.3. The average Bonchev–Trinajstić information content (AvgIpc) is 3.43. The summed E-state index contributed by atoms with van der Waals surface area (Å²) >= 11 is 0. The van der Waals surface area contributed by atoms with Crippen molar-refractivity contribution in [1.29, 1.82) is 0 Å². The Morgan fingerprint density at radius 3 is 2.88 bits per heavy atom. The molecule has 0 bridgehead atoms. The van der Waals surface area contributed by atoms with E-state index in [0.29, 0.717) is 12.6 Å². The molecule has 0 unspecified atom stereocenters. The van der Waals surface area contributed by atoms with Crippen LogP contribution in [0.2, 0.25) is 0 Å². The summed E-state index contributed by atoms with van der Waals surface area (Å²) in [7, 11) is 0. The van der Waals surface area contributed by atoms with Gasteiger partial charge in [-0.2, -0.15) is 5.10 Å². The van der Waals surface area contributed by atoms with Gasteiger partial charge in [0.15, 0.2) is 0 Å². The van der Waals surface area contributed by atoms with Gasteiger partial charge in [-0.15, -0.1) is 0 Å². The number of rotatable bonds is 5. The molecule has 1 atom stereocenters. The van der Waals surface area contributed by atoms with Crippen LogP contribution in [-0.2, 0) is 13.0 Å². The van der Waals surface area contributed by atoms with Gasteiger partial charge in [0.25, 0.3) is 0 Å². The fourth-order valence-electron chi connectivity index (χ4n) is 5.93. The van der Waals surface area contributed by atoms with Crippen molar-refractivity contribution in [3.8, 4) is 0 Å². The predicted octanol–water partition coefficient (Wildman–Crippen LogP) is 3.71. The van der Waals surface area contributed by atoms with E-state index in [1.54, 1.807) is 4.68 Å². The van der Waals surface area contributed by atoms with E-state index in [1.165, 1.54) is 11.1 Å². The van der Waals surface area contributed by atoms with E-state index >= 15 is 0 Å². The number of carbonyl (C=O) groups is 1. The number of carbonyl (C=O) groups excluding carboxylic acids is 1. The lowest BCUT2D eigenvalue weighted by molar-refractivity contribution is 0.170. The Kier molecular flexibility index (Phi) is 6.09. The van der Waals surface area contributed by atoms with Crippen molar-refractivity contribution in [1.82, 2.24) is 20.0 Å². The van der Waals surface area contributed by atoms with Crippen molar-refractivity contribution >= 4 is 11.7 Å². The van der Waals surface area contributed by atoms with Gasteiger partial charge in [-0.3, -0.25) is 4.68 Å². The summed E-state index contributed by atoms with van der Waals surface area (Å²) in [6.45, 7) is 2.38. The molecule has 3 aliphatic rings. The van der Waals surface area contributed by atoms with Gasteiger partial charge in [0.05, 0.1) is 31.1 Å². The minimum Gasteiger partial charge on any atom is -0.394 e. The van der Waals surface area contributed by atoms with Crippen molar-refractivity contribution in [3.63, 3.8) is 0 Å². The van der Waals surface area contributed by atoms with Crippen molar-refractivity contribution in [2.45, 2.75) is 70.0 Å². The van der Waals surface area contributed by atoms with Crippen molar-refractivity contribution in [2.75, 3.05) is 25.0 Å². The van der Waals surface area contributed by atoms with Gasteiger partial charge < -0.3 is 20.6 Å². The van der Waals surface area contributed by atoms with Crippen LogP contribution in [0, 0.1) is 5.41 Å². The smallest absolute Gasteiger partial charge is 0.317 e. The van der Waals surface area contributed by atoms with Gasteiger partial charge in [0.1, 0.15) is 0 Å². The molecule has 2 heterocycles. The minimum absolute atomic E-state index is 0.102. The third-order valence-corrected chi connectivity index (χ3v) is 7.77. The molecule has 32 heavy (non-hydrogen) atoms. The van der Waals surface area contributed by atoms with Gasteiger partial charge in [-0.1, -0.05) is 24.3 Å². The SMILES string of the molecule is O=C(N[C@@H]1CCCc2ccccc21)N1CC[C@]2(CC[C@@H](Nc3cnn(CCO)c3)CC2)C1. The average molecular weight is 438 g/mol. The Morgan fingerprint density at radius 1 is 1.19 bits per heavy atom. The molecule has 2 aliphatic carbocycles. The first kappa shape index (κ1) is 21.3. The summed E-state index contributed by atoms with van der Waals surface area (Å²) < 4.78 is 1.77. The predicted molar refractivity (Wildman–Crippen MR) is 124 cm³/mol. The van der Waals surface area contributed by atoms with Gasteiger partial charge in [-0.05, 0) is 67.9 Å². The van der Waals surface area contributed by atoms with Crippen molar-refractivity contribution < 1.29 is 9.90 Å². The number of benzene rings is 1. The number of anilines is 1. The Morgan fingerprint density at radius 2 is 2.03 bits per heavy atom. The lowest BCUT2D eigenvalue weighted by Crippen LogP contribution is -2.43. The van der Waals surface area contributed by atoms with Crippen LogP contribution in [0.3, 0.4) is 0 Å². The molecule has 1 spiro atoms. The number of aliphatic hydroxyl groups excluding tert-OH is 1. The van der Waals surface area contributed by atoms with Gasteiger partial charge in [0, 0.05) is 25.3 Å². The second-order valence-electron chi connectivity index (χ2n) is 9.90. The summed E-state index contributed by atoms with van der Waals surface area (Å²) in [5.41, 5.74) is 3.99. The topological polar surface area (TPSA) is 82.4 Å². The Balaban J connectivity index is 1.13. The van der Waals surface area contributed by atoms with Crippen LogP contribution in [0.15, 0.2) is 36.7 Å². The highest BCUT2D eigenvalue weighted by molar-refractivity contribution is 5.75. The van der Waals surface area contributed by atoms with Crippen LogP contribution in [0.1, 0.15) is 62.1 Å². The Bertz CT molecular complexity index is 934. The van der Waals surface area contributed by atoms with E-state index in [4.69, 9.17) is 5.11 Å². The van der Waals surface area contributed by atoms with E-state index in [0.717, 1.165) is 70.1 Å². The molecule has 172 valence electrons. The highest BCUT2D eigenvalue weighted by atomic mass is 16.3. The summed E-state index contributed by atoms with van der Waals surface area (Å²) in [5.74, 6) is 0. The van der Waals surface area contributed by atoms with Crippen molar-refractivity contribution in [2.24, 2.45) is 5.41 Å². The lowest BCUT2D eigenvalue weighted by atomic mass is 9.72. The number of nitrogens with one attached hydrogen (secondary N) is 2. The van der Waals surface area contributed by atoms with Crippen LogP contribution in [-0.4, -0.2) is 51.6 Å². The number of aromatic nitrogens is 2. The van der Waals surface area contributed by atoms with Gasteiger partial charge in [0.2, 0.25) is 0 Å². The molecule has 3 N–H and O–H groups in total. The fraction of sp³-hybridized carbons (Fsp3) is 0.600. The summed E-state index contributed by atoms with van der Waals surface area (Å²) in [6.07, 6.45) is 12.8. The van der Waals surface area contributed by atoms with Crippen molar-refractivity contribution in [3.05, 3.63) is 47.8 Å². The van der Waals surface area contributed by atoms with Gasteiger partial charge in [-0.25, -0.2) is 4.79 Å². The van der Waals surface area contributed by atoms with E-state index in [-0.39, 0.29) is 24.1 Å². The highest BCUT2D eigenvalue weighted by Gasteiger charge is 2.42. The molecular formula is C25H35N5O2. The largest absolute Gasteiger partial charge is 0.394 e. The Labute approximate surface area is 190 Å². The molecular weight excluding hydrogens is 402 g/mol. The zero-order valence-corrected chi connectivity index (χ0v) is 18.8. The number of hydrogen-bond acceptors (Lipinski definition) is 4. The lowest BCUT2D eigenvalue weighted by Gasteiger charge is -2.37. The van der Waals surface area contributed by atoms with Crippen LogP contribution in [0.5, 0.6) is 0 Å². The number of fused-ring (bicyclic) bond motifs is 1. The second kappa shape index (κ2) is 9.14. The molecule has 2 aromatic rings. The fourth-order valence-corrected chi connectivity index (χ4v) is 5.93. The molecule has 0 radical (unpaired) electrons. The Hall–Kier alpha value is -2.54. The maximum atomic E-state index is 13.1. The van der Waals surface area contributed by atoms with E-state index < -0.39 is 0 Å². The summed E-state index contributed by atoms with van der Waals surface area (Å²) in [4.78, 5) is 15.1. The van der Waals surface area contributed by atoms with Crippen LogP contribution >= 0.6 is 0 Å². The number of likely N-dealkylation sites (tertiary alicyclic amines) is 1. The van der Waals surface area contributed by atoms with E-state index in [1.807, 2.05) is 12.4 Å². The first-order valence-corrected chi connectivity index (χ1v) is 12.2.